The van der Waals surface area contributed by atoms with E-state index >= 15 is 0 Å². The molecule has 1 saturated carbocycles. The molecule has 1 aliphatic carbocycles. The number of imidazole rings is 1. The van der Waals surface area contributed by atoms with Gasteiger partial charge in [-0.25, -0.2) is 9.78 Å². The summed E-state index contributed by atoms with van der Waals surface area (Å²) < 4.78 is 11.3. The molecule has 0 atom stereocenters. The number of H-pyrrole nitrogens is 1. The zero-order valence-electron chi connectivity index (χ0n) is 26.8. The summed E-state index contributed by atoms with van der Waals surface area (Å²) in [6, 6.07) is 14.7. The molecule has 1 N–H and O–H groups in total. The zero-order valence-corrected chi connectivity index (χ0v) is 26.8. The van der Waals surface area contributed by atoms with Crippen LogP contribution in [0.4, 0.5) is 4.79 Å². The molecule has 2 aromatic carbocycles. The van der Waals surface area contributed by atoms with E-state index in [1.54, 1.807) is 0 Å². The number of aryl methyl sites for hydroxylation is 1. The number of ether oxygens (including phenoxy) is 2. The Kier molecular flexibility index (Phi) is 12.4. The summed E-state index contributed by atoms with van der Waals surface area (Å²) in [6.45, 7) is 16.0. The second-order valence-electron chi connectivity index (χ2n) is 12.8. The second kappa shape index (κ2) is 15.8. The van der Waals surface area contributed by atoms with Gasteiger partial charge in [-0.2, -0.15) is 0 Å². The minimum Gasteiger partial charge on any atom is -0.494 e. The minimum atomic E-state index is -0.402. The van der Waals surface area contributed by atoms with Crippen molar-refractivity contribution in [1.29, 1.82) is 0 Å². The third-order valence-electron chi connectivity index (χ3n) is 7.04. The van der Waals surface area contributed by atoms with Crippen molar-refractivity contribution in [2.75, 3.05) is 19.7 Å². The fourth-order valence-corrected chi connectivity index (χ4v) is 4.58. The van der Waals surface area contributed by atoms with Gasteiger partial charge in [0.05, 0.1) is 17.6 Å². The Morgan fingerprint density at radius 3 is 2.48 bits per heavy atom. The number of ketones is 1. The maximum Gasteiger partial charge on any atom is 0.410 e. The van der Waals surface area contributed by atoms with Crippen molar-refractivity contribution >= 4 is 22.9 Å². The maximum atomic E-state index is 11.9. The molecule has 1 fully saturated rings. The van der Waals surface area contributed by atoms with Crippen LogP contribution in [-0.2, 0) is 11.2 Å². The topological polar surface area (TPSA) is 84.5 Å². The van der Waals surface area contributed by atoms with Crippen LogP contribution in [0.3, 0.4) is 0 Å². The van der Waals surface area contributed by atoms with Gasteiger partial charge in [-0.1, -0.05) is 39.0 Å². The number of unbranched alkanes of at least 4 members (excludes halogenated alkanes) is 1. The lowest BCUT2D eigenvalue weighted by Gasteiger charge is -2.27. The number of nitrogens with zero attached hydrogens (tertiary/aromatic N) is 2. The largest absolute Gasteiger partial charge is 0.494 e. The first kappa shape index (κ1) is 33.2. The number of hydrogen-bond donors (Lipinski definition) is 1. The number of carbonyl (C=O) groups is 2. The van der Waals surface area contributed by atoms with E-state index in [0.717, 1.165) is 74.5 Å². The summed E-state index contributed by atoms with van der Waals surface area (Å²) in [5.41, 5.74) is 4.05. The van der Waals surface area contributed by atoms with E-state index in [1.807, 2.05) is 37.8 Å². The van der Waals surface area contributed by atoms with Gasteiger partial charge in [0.2, 0.25) is 0 Å². The van der Waals surface area contributed by atoms with Gasteiger partial charge in [-0.3, -0.25) is 4.79 Å². The number of carbonyl (C=O) groups excluding carboxylic acids is 2. The number of benzene rings is 2. The molecular weight excluding hydrogens is 526 g/mol. The summed E-state index contributed by atoms with van der Waals surface area (Å²) in [4.78, 5) is 32.5. The highest BCUT2D eigenvalue weighted by molar-refractivity contribution is 5.94. The molecule has 1 amide bonds. The number of hydrogen-bond acceptors (Lipinski definition) is 5. The van der Waals surface area contributed by atoms with E-state index in [2.05, 4.69) is 61.1 Å². The number of amides is 1. The van der Waals surface area contributed by atoms with Crippen molar-refractivity contribution in [2.24, 2.45) is 5.92 Å². The number of rotatable bonds is 13. The fraction of sp³-hybridized carbons (Fsp3) is 0.571. The molecule has 0 unspecified atom stereocenters. The fourth-order valence-electron chi connectivity index (χ4n) is 4.58. The van der Waals surface area contributed by atoms with E-state index in [1.165, 1.54) is 30.9 Å². The molecule has 0 spiro atoms. The van der Waals surface area contributed by atoms with Crippen LogP contribution in [0, 0.1) is 5.92 Å². The molecule has 7 heteroatoms. The number of aromatic amines is 1. The number of fused-ring (bicyclic) bond motifs is 1. The van der Waals surface area contributed by atoms with Crippen molar-refractivity contribution in [1.82, 2.24) is 14.9 Å². The average Bonchev–Trinajstić information content (AvgIpc) is 3.69. The number of Topliss-reactive ketones (excluding diaryl/α,β-unsaturated/α-hetero) is 1. The van der Waals surface area contributed by atoms with Gasteiger partial charge in [0.1, 0.15) is 11.4 Å². The third-order valence-corrected chi connectivity index (χ3v) is 7.04. The summed E-state index contributed by atoms with van der Waals surface area (Å²) in [7, 11) is 0. The molecule has 0 saturated heterocycles. The van der Waals surface area contributed by atoms with Crippen molar-refractivity contribution in [2.45, 2.75) is 105 Å². The van der Waals surface area contributed by atoms with Gasteiger partial charge in [0, 0.05) is 20.0 Å². The average molecular weight is 578 g/mol. The first-order valence-corrected chi connectivity index (χ1v) is 15.7. The van der Waals surface area contributed by atoms with Gasteiger partial charge < -0.3 is 19.4 Å². The molecule has 3 aromatic rings. The Balaban J connectivity index is 0.000000263. The molecule has 42 heavy (non-hydrogen) atoms. The lowest BCUT2D eigenvalue weighted by molar-refractivity contribution is 0.0242. The minimum absolute atomic E-state index is 0.0364. The quantitative estimate of drug-likeness (QED) is 0.162. The number of nitrogens with one attached hydrogen (secondary N) is 1. The number of aromatic nitrogens is 2. The van der Waals surface area contributed by atoms with E-state index in [4.69, 9.17) is 9.47 Å². The van der Waals surface area contributed by atoms with E-state index in [0.29, 0.717) is 11.7 Å². The molecule has 230 valence electrons. The summed E-state index contributed by atoms with van der Waals surface area (Å²) in [6.07, 6.45) is 7.53. The van der Waals surface area contributed by atoms with Crippen LogP contribution in [0.5, 0.6) is 5.75 Å². The van der Waals surface area contributed by atoms with Gasteiger partial charge in [0.15, 0.2) is 11.6 Å². The highest BCUT2D eigenvalue weighted by Crippen LogP contribution is 2.40. The Morgan fingerprint density at radius 1 is 1.07 bits per heavy atom. The molecule has 4 rings (SSSR count). The molecule has 0 aliphatic heterocycles. The third kappa shape index (κ3) is 11.5. The van der Waals surface area contributed by atoms with Crippen LogP contribution in [0.25, 0.3) is 11.0 Å². The highest BCUT2D eigenvalue weighted by Gasteiger charge is 2.23. The molecule has 7 nitrogen and oxygen atoms in total. The lowest BCUT2D eigenvalue weighted by Crippen LogP contribution is -2.38. The van der Waals surface area contributed by atoms with E-state index in [-0.39, 0.29) is 11.9 Å². The van der Waals surface area contributed by atoms with Gasteiger partial charge >= 0.3 is 6.09 Å². The van der Waals surface area contributed by atoms with Crippen LogP contribution in [-0.4, -0.2) is 52.0 Å². The van der Waals surface area contributed by atoms with Crippen molar-refractivity contribution in [3.05, 3.63) is 59.4 Å². The van der Waals surface area contributed by atoms with Crippen LogP contribution < -0.4 is 4.74 Å². The monoisotopic (exact) mass is 577 g/mol. The first-order chi connectivity index (χ1) is 19.9. The van der Waals surface area contributed by atoms with Crippen LogP contribution in [0.2, 0.25) is 0 Å². The van der Waals surface area contributed by atoms with Crippen molar-refractivity contribution in [3.8, 4) is 5.75 Å². The second-order valence-corrected chi connectivity index (χ2v) is 12.8. The van der Waals surface area contributed by atoms with Crippen molar-refractivity contribution < 1.29 is 19.1 Å². The van der Waals surface area contributed by atoms with Crippen LogP contribution in [0.15, 0.2) is 42.5 Å². The summed E-state index contributed by atoms with van der Waals surface area (Å²) in [5, 5.41) is 0. The highest BCUT2D eigenvalue weighted by atomic mass is 16.6. The zero-order chi connectivity index (χ0) is 30.7. The first-order valence-electron chi connectivity index (χ1n) is 15.7. The predicted octanol–water partition coefficient (Wildman–Crippen LogP) is 8.72. The smallest absolute Gasteiger partial charge is 0.410 e. The predicted molar refractivity (Wildman–Crippen MR) is 171 cm³/mol. The SMILES string of the molecule is CC(=O)c1nc2ccc(CCCCOc3cccc(C4CC4)c3)cc2[nH]1.CCCN(CCC(C)C)C(=O)OC(C)(C)C. The molecule has 0 bridgehead atoms. The Morgan fingerprint density at radius 2 is 1.83 bits per heavy atom. The summed E-state index contributed by atoms with van der Waals surface area (Å²) >= 11 is 0. The Hall–Kier alpha value is -3.35. The molecule has 1 heterocycles. The molecule has 1 aliphatic rings. The van der Waals surface area contributed by atoms with Crippen molar-refractivity contribution in [3.63, 3.8) is 0 Å². The lowest BCUT2D eigenvalue weighted by atomic mass is 10.1. The van der Waals surface area contributed by atoms with Crippen LogP contribution in [0.1, 0.15) is 115 Å². The Labute approximate surface area is 252 Å². The maximum absolute atomic E-state index is 11.9. The van der Waals surface area contributed by atoms with Gasteiger partial charge in [-0.05, 0) is 113 Å². The van der Waals surface area contributed by atoms with E-state index in [9.17, 15) is 9.59 Å². The van der Waals surface area contributed by atoms with Gasteiger partial charge in [-0.15, -0.1) is 0 Å². The molecule has 0 radical (unpaired) electrons. The standard InChI is InChI=1S/C22H24N2O2.C13H27NO2/c1-15(25)22-23-20-11-8-16(13-21(20)24-22)5-2-3-12-26-19-7-4-6-18(14-19)17-9-10-17;1-7-9-14(10-8-11(2)3)12(15)16-13(4,5)6/h4,6-8,11,13-14,17H,2-3,5,9-10,12H2,1H3,(H,23,24);11H,7-10H2,1-6H3. The normalized spacial score (nSPS) is 13.0. The van der Waals surface area contributed by atoms with Gasteiger partial charge in [0.25, 0.3) is 0 Å². The Bertz CT molecular complexity index is 1290. The molecular formula is C35H51N3O4. The van der Waals surface area contributed by atoms with E-state index < -0.39 is 5.60 Å². The summed E-state index contributed by atoms with van der Waals surface area (Å²) in [5.74, 6) is 2.76. The van der Waals surface area contributed by atoms with Crippen LogP contribution >= 0.6 is 0 Å². The molecule has 1 aromatic heterocycles.